The van der Waals surface area contributed by atoms with Crippen LogP contribution >= 0.6 is 11.8 Å². The lowest BCUT2D eigenvalue weighted by molar-refractivity contribution is -0.388. The Balaban J connectivity index is 3.17. The second-order valence-electron chi connectivity index (χ2n) is 4.10. The molecule has 0 unspecified atom stereocenters. The highest BCUT2D eigenvalue weighted by Gasteiger charge is 2.23. The molecule has 0 atom stereocenters. The number of rotatable bonds is 7. The first-order valence-electron chi connectivity index (χ1n) is 5.75. The second-order valence-corrected chi connectivity index (χ2v) is 7.39. The van der Waals surface area contributed by atoms with Crippen LogP contribution in [0, 0.1) is 10.1 Å². The van der Waals surface area contributed by atoms with Gasteiger partial charge < -0.3 is 5.11 Å². The molecule has 0 amide bonds. The Morgan fingerprint density at radius 3 is 2.55 bits per heavy atom. The molecule has 1 N–H and O–H groups in total. The van der Waals surface area contributed by atoms with E-state index in [1.807, 2.05) is 0 Å². The van der Waals surface area contributed by atoms with Crippen molar-refractivity contribution in [2.24, 2.45) is 0 Å². The maximum atomic E-state index is 11.9. The molecule has 0 aliphatic heterocycles. The van der Waals surface area contributed by atoms with E-state index in [-0.39, 0.29) is 17.2 Å². The molecule has 1 aromatic carbocycles. The summed E-state index contributed by atoms with van der Waals surface area (Å²) in [5.41, 5.74) is -0.240. The third-order valence-corrected chi connectivity index (χ3v) is 5.43. The lowest BCUT2D eigenvalue weighted by atomic mass is 10.3. The molecule has 0 aliphatic carbocycles. The predicted octanol–water partition coefficient (Wildman–Crippen LogP) is 1.32. The summed E-state index contributed by atoms with van der Waals surface area (Å²) in [6, 6.07) is 3.84. The van der Waals surface area contributed by atoms with E-state index in [9.17, 15) is 18.5 Å². The molecule has 0 spiro atoms. The first-order valence-corrected chi connectivity index (χ1v) is 8.18. The zero-order valence-electron chi connectivity index (χ0n) is 11.1. The molecule has 0 bridgehead atoms. The highest BCUT2D eigenvalue weighted by Crippen LogP contribution is 2.32. The molecule has 112 valence electrons. The van der Waals surface area contributed by atoms with Gasteiger partial charge in [0.1, 0.15) is 0 Å². The number of nitro groups is 1. The molecule has 0 aromatic heterocycles. The summed E-state index contributed by atoms with van der Waals surface area (Å²) in [6.45, 7) is 0.00783. The fraction of sp³-hybridized carbons (Fsp3) is 0.455. The van der Waals surface area contributed by atoms with E-state index >= 15 is 0 Å². The van der Waals surface area contributed by atoms with E-state index in [0.717, 1.165) is 10.4 Å². The van der Waals surface area contributed by atoms with Crippen LogP contribution in [0.4, 0.5) is 5.69 Å². The van der Waals surface area contributed by atoms with Crippen molar-refractivity contribution in [1.82, 2.24) is 4.31 Å². The number of nitrogens with zero attached hydrogens (tertiary/aromatic N) is 2. The Morgan fingerprint density at radius 1 is 1.40 bits per heavy atom. The molecular formula is C11H16N2O5S2. The van der Waals surface area contributed by atoms with Gasteiger partial charge in [-0.05, 0) is 18.6 Å². The van der Waals surface area contributed by atoms with Crippen molar-refractivity contribution in [3.05, 3.63) is 28.3 Å². The minimum absolute atomic E-state index is 0.00783. The third-order valence-electron chi connectivity index (χ3n) is 2.47. The van der Waals surface area contributed by atoms with Gasteiger partial charge in [0.2, 0.25) is 10.0 Å². The van der Waals surface area contributed by atoms with Crippen LogP contribution in [-0.4, -0.2) is 49.2 Å². The van der Waals surface area contributed by atoms with Gasteiger partial charge in [-0.2, -0.15) is 0 Å². The molecule has 0 aliphatic rings. The molecule has 1 rings (SSSR count). The number of hydrogen-bond donors (Lipinski definition) is 1. The molecule has 0 fully saturated rings. The molecule has 20 heavy (non-hydrogen) atoms. The molecule has 0 heterocycles. The largest absolute Gasteiger partial charge is 0.396 e. The Kier molecular flexibility index (Phi) is 5.93. The van der Waals surface area contributed by atoms with Crippen LogP contribution in [0.3, 0.4) is 0 Å². The molecule has 0 radical (unpaired) electrons. The normalized spacial score (nSPS) is 11.8. The minimum atomic E-state index is -3.70. The monoisotopic (exact) mass is 320 g/mol. The minimum Gasteiger partial charge on any atom is -0.396 e. The Hall–Kier alpha value is -1.16. The van der Waals surface area contributed by atoms with Crippen LogP contribution < -0.4 is 0 Å². The number of benzene rings is 1. The van der Waals surface area contributed by atoms with Crippen molar-refractivity contribution in [3.8, 4) is 0 Å². The molecule has 7 nitrogen and oxygen atoms in total. The fourth-order valence-electron chi connectivity index (χ4n) is 1.38. The highest BCUT2D eigenvalue weighted by atomic mass is 32.2. The van der Waals surface area contributed by atoms with Gasteiger partial charge in [0, 0.05) is 32.5 Å². The van der Waals surface area contributed by atoms with Crippen molar-refractivity contribution < 1.29 is 18.4 Å². The van der Waals surface area contributed by atoms with Crippen molar-refractivity contribution in [3.63, 3.8) is 0 Å². The van der Waals surface area contributed by atoms with Crippen LogP contribution in [0.15, 0.2) is 28.0 Å². The van der Waals surface area contributed by atoms with Gasteiger partial charge in [-0.25, -0.2) is 12.7 Å². The predicted molar refractivity (Wildman–Crippen MR) is 76.4 cm³/mol. The topological polar surface area (TPSA) is 101 Å². The van der Waals surface area contributed by atoms with E-state index in [1.165, 1.54) is 38.0 Å². The van der Waals surface area contributed by atoms with Crippen molar-refractivity contribution in [2.75, 3.05) is 26.5 Å². The van der Waals surface area contributed by atoms with E-state index in [2.05, 4.69) is 0 Å². The maximum Gasteiger partial charge on any atom is 0.284 e. The number of sulfonamides is 1. The molecule has 0 saturated carbocycles. The van der Waals surface area contributed by atoms with Gasteiger partial charge in [-0.15, -0.1) is 11.8 Å². The van der Waals surface area contributed by atoms with Crippen molar-refractivity contribution in [1.29, 1.82) is 0 Å². The highest BCUT2D eigenvalue weighted by molar-refractivity contribution is 7.99. The number of aliphatic hydroxyl groups is 1. The first kappa shape index (κ1) is 16.9. The Morgan fingerprint density at radius 2 is 2.05 bits per heavy atom. The van der Waals surface area contributed by atoms with E-state index in [0.29, 0.717) is 17.1 Å². The van der Waals surface area contributed by atoms with Crippen LogP contribution in [0.5, 0.6) is 0 Å². The van der Waals surface area contributed by atoms with Crippen LogP contribution in [-0.2, 0) is 10.0 Å². The maximum absolute atomic E-state index is 11.9. The summed E-state index contributed by atoms with van der Waals surface area (Å²) in [5, 5.41) is 19.7. The quantitative estimate of drug-likeness (QED) is 0.352. The number of thioether (sulfide) groups is 1. The molecule has 1 aromatic rings. The summed E-state index contributed by atoms with van der Waals surface area (Å²) in [4.78, 5) is 10.7. The Bertz CT molecular complexity index is 586. The average molecular weight is 320 g/mol. The average Bonchev–Trinajstić information content (AvgIpc) is 2.38. The standard InChI is InChI=1S/C11H16N2O5S2/c1-12(2)20(17,18)9-4-5-11(19-7-3-6-14)10(8-9)13(15)16/h4-5,8,14H,3,6-7H2,1-2H3. The third kappa shape index (κ3) is 3.92. The number of nitro benzene ring substituents is 1. The van der Waals surface area contributed by atoms with Gasteiger partial charge in [0.15, 0.2) is 0 Å². The van der Waals surface area contributed by atoms with Crippen molar-refractivity contribution >= 4 is 27.5 Å². The molecule has 0 saturated heterocycles. The zero-order chi connectivity index (χ0) is 15.3. The summed E-state index contributed by atoms with van der Waals surface area (Å²) in [5.74, 6) is 0.525. The van der Waals surface area contributed by atoms with Gasteiger partial charge in [0.05, 0.1) is 14.7 Å². The van der Waals surface area contributed by atoms with E-state index in [4.69, 9.17) is 5.11 Å². The van der Waals surface area contributed by atoms with Gasteiger partial charge >= 0.3 is 0 Å². The summed E-state index contributed by atoms with van der Waals surface area (Å²) >= 11 is 1.22. The molecular weight excluding hydrogens is 304 g/mol. The zero-order valence-corrected chi connectivity index (χ0v) is 12.8. The van der Waals surface area contributed by atoms with Crippen molar-refractivity contribution in [2.45, 2.75) is 16.2 Å². The Labute approximate surface area is 121 Å². The van der Waals surface area contributed by atoms with Gasteiger partial charge in [-0.1, -0.05) is 0 Å². The summed E-state index contributed by atoms with van der Waals surface area (Å²) in [6.07, 6.45) is 0.513. The van der Waals surface area contributed by atoms with Gasteiger partial charge in [-0.3, -0.25) is 10.1 Å². The van der Waals surface area contributed by atoms with E-state index in [1.54, 1.807) is 0 Å². The van der Waals surface area contributed by atoms with Crippen LogP contribution in [0.25, 0.3) is 0 Å². The SMILES string of the molecule is CN(C)S(=O)(=O)c1ccc(SCCCO)c([N+](=O)[O-])c1. The molecule has 9 heteroatoms. The summed E-state index contributed by atoms with van der Waals surface area (Å²) in [7, 11) is -0.963. The van der Waals surface area contributed by atoms with Gasteiger partial charge in [0.25, 0.3) is 5.69 Å². The van der Waals surface area contributed by atoms with Crippen LogP contribution in [0.1, 0.15) is 6.42 Å². The first-order chi connectivity index (χ1) is 9.30. The number of hydrogen-bond acceptors (Lipinski definition) is 6. The van der Waals surface area contributed by atoms with E-state index < -0.39 is 14.9 Å². The van der Waals surface area contributed by atoms with Crippen LogP contribution in [0.2, 0.25) is 0 Å². The summed E-state index contributed by atoms with van der Waals surface area (Å²) < 4.78 is 24.9. The lowest BCUT2D eigenvalue weighted by Gasteiger charge is -2.12. The fourth-order valence-corrected chi connectivity index (χ4v) is 3.24. The number of aliphatic hydroxyl groups excluding tert-OH is 1. The second kappa shape index (κ2) is 7.02. The lowest BCUT2D eigenvalue weighted by Crippen LogP contribution is -2.22. The smallest absolute Gasteiger partial charge is 0.284 e.